The molecule has 0 spiro atoms. The lowest BCUT2D eigenvalue weighted by atomic mass is 10.1. The fourth-order valence-electron chi connectivity index (χ4n) is 3.10. The molecule has 5 heteroatoms. The van der Waals surface area contributed by atoms with Crippen LogP contribution in [0.5, 0.6) is 0 Å². The first-order chi connectivity index (χ1) is 10.6. The van der Waals surface area contributed by atoms with Crippen LogP contribution in [-0.4, -0.2) is 56.0 Å². The van der Waals surface area contributed by atoms with Crippen LogP contribution in [0, 0.1) is 12.8 Å². The van der Waals surface area contributed by atoms with E-state index in [1.54, 1.807) is 0 Å². The molecular weight excluding hydrogens is 399 g/mol. The molecule has 1 N–H and O–H groups in total. The molecule has 130 valence electrons. The maximum Gasteiger partial charge on any atom is 0.193 e. The normalized spacial score (nSPS) is 18.6. The molecule has 1 aromatic carbocycles. The van der Waals surface area contributed by atoms with Crippen LogP contribution in [0.4, 0.5) is 0 Å². The number of aryl methyl sites for hydroxylation is 1. The average Bonchev–Trinajstić information content (AvgIpc) is 2.98. The van der Waals surface area contributed by atoms with E-state index in [1.165, 1.54) is 37.2 Å². The molecule has 1 atom stereocenters. The number of hydrogen-bond acceptors (Lipinski definition) is 2. The lowest BCUT2D eigenvalue weighted by Crippen LogP contribution is -2.41. The van der Waals surface area contributed by atoms with Crippen molar-refractivity contribution in [1.82, 2.24) is 15.1 Å². The van der Waals surface area contributed by atoms with Gasteiger partial charge in [0.1, 0.15) is 0 Å². The van der Waals surface area contributed by atoms with Crippen molar-refractivity contribution in [3.05, 3.63) is 35.4 Å². The summed E-state index contributed by atoms with van der Waals surface area (Å²) in [6.07, 6.45) is 1.29. The van der Waals surface area contributed by atoms with Gasteiger partial charge in [0.2, 0.25) is 0 Å². The van der Waals surface area contributed by atoms with E-state index in [9.17, 15) is 0 Å². The van der Waals surface area contributed by atoms with E-state index in [0.29, 0.717) is 0 Å². The van der Waals surface area contributed by atoms with Crippen LogP contribution in [-0.2, 0) is 6.54 Å². The number of aliphatic imine (C=N–C) groups is 1. The minimum absolute atomic E-state index is 0. The van der Waals surface area contributed by atoms with E-state index in [1.807, 2.05) is 7.05 Å². The zero-order valence-corrected chi connectivity index (χ0v) is 17.2. The van der Waals surface area contributed by atoms with Gasteiger partial charge in [-0.1, -0.05) is 31.2 Å². The van der Waals surface area contributed by atoms with Crippen molar-refractivity contribution in [2.24, 2.45) is 10.9 Å². The van der Waals surface area contributed by atoms with Crippen LogP contribution in [0.25, 0.3) is 0 Å². The van der Waals surface area contributed by atoms with Crippen LogP contribution >= 0.6 is 24.0 Å². The summed E-state index contributed by atoms with van der Waals surface area (Å²) in [5, 5.41) is 3.54. The molecule has 1 unspecified atom stereocenters. The first-order valence-electron chi connectivity index (χ1n) is 8.32. The Bertz CT molecular complexity index is 504. The summed E-state index contributed by atoms with van der Waals surface area (Å²) in [6, 6.07) is 8.54. The molecule has 1 aliphatic rings. The smallest absolute Gasteiger partial charge is 0.193 e. The zero-order chi connectivity index (χ0) is 15.9. The number of halogens is 1. The number of hydrogen-bond donors (Lipinski definition) is 1. The van der Waals surface area contributed by atoms with Crippen molar-refractivity contribution in [2.75, 3.05) is 40.3 Å². The van der Waals surface area contributed by atoms with Crippen molar-refractivity contribution in [1.29, 1.82) is 0 Å². The van der Waals surface area contributed by atoms with Gasteiger partial charge in [-0.2, -0.15) is 0 Å². The number of guanidine groups is 1. The first kappa shape index (κ1) is 20.2. The Morgan fingerprint density at radius 2 is 2.13 bits per heavy atom. The summed E-state index contributed by atoms with van der Waals surface area (Å²) < 4.78 is 0. The molecule has 0 aromatic heterocycles. The third-order valence-electron chi connectivity index (χ3n) is 4.61. The number of benzene rings is 1. The summed E-state index contributed by atoms with van der Waals surface area (Å²) in [5.41, 5.74) is 2.69. The maximum absolute atomic E-state index is 4.43. The van der Waals surface area contributed by atoms with E-state index >= 15 is 0 Å². The Morgan fingerprint density at radius 3 is 2.74 bits per heavy atom. The molecule has 0 bridgehead atoms. The minimum Gasteiger partial charge on any atom is -0.356 e. The van der Waals surface area contributed by atoms with E-state index in [0.717, 1.165) is 25.0 Å². The highest BCUT2D eigenvalue weighted by Gasteiger charge is 2.21. The van der Waals surface area contributed by atoms with Gasteiger partial charge in [0.25, 0.3) is 0 Å². The van der Waals surface area contributed by atoms with Gasteiger partial charge in [-0.05, 0) is 43.5 Å². The zero-order valence-electron chi connectivity index (χ0n) is 14.9. The summed E-state index contributed by atoms with van der Waals surface area (Å²) in [5.74, 6) is 1.72. The van der Waals surface area contributed by atoms with Gasteiger partial charge in [-0.3, -0.25) is 4.99 Å². The van der Waals surface area contributed by atoms with Gasteiger partial charge >= 0.3 is 0 Å². The van der Waals surface area contributed by atoms with E-state index in [2.05, 4.69) is 65.3 Å². The standard InChI is InChI=1S/C18H30N4.HI/c1-5-22-11-10-16(13-22)12-20-18(19-3)21(4)14-17-9-7-6-8-15(17)2;/h6-9,16H,5,10-14H2,1-4H3,(H,19,20);1H. The van der Waals surface area contributed by atoms with Gasteiger partial charge < -0.3 is 15.1 Å². The fraction of sp³-hybridized carbons (Fsp3) is 0.611. The number of rotatable bonds is 5. The van der Waals surface area contributed by atoms with Crippen LogP contribution in [0.1, 0.15) is 24.5 Å². The first-order valence-corrected chi connectivity index (χ1v) is 8.32. The SMILES string of the molecule is CCN1CCC(CNC(=NC)N(C)Cc2ccccc2C)C1.I. The van der Waals surface area contributed by atoms with E-state index in [-0.39, 0.29) is 24.0 Å². The lowest BCUT2D eigenvalue weighted by molar-refractivity contribution is 0.340. The van der Waals surface area contributed by atoms with Crippen LogP contribution in [0.2, 0.25) is 0 Å². The van der Waals surface area contributed by atoms with Gasteiger partial charge in [-0.25, -0.2) is 0 Å². The van der Waals surface area contributed by atoms with Crippen LogP contribution < -0.4 is 5.32 Å². The molecule has 0 aliphatic carbocycles. The van der Waals surface area contributed by atoms with Crippen molar-refractivity contribution in [3.8, 4) is 0 Å². The highest BCUT2D eigenvalue weighted by Crippen LogP contribution is 2.15. The van der Waals surface area contributed by atoms with E-state index in [4.69, 9.17) is 0 Å². The largest absolute Gasteiger partial charge is 0.356 e. The van der Waals surface area contributed by atoms with Crippen molar-refractivity contribution >= 4 is 29.9 Å². The summed E-state index contributed by atoms with van der Waals surface area (Å²) in [7, 11) is 3.97. The monoisotopic (exact) mass is 430 g/mol. The van der Waals surface area contributed by atoms with Gasteiger partial charge in [0.05, 0.1) is 0 Å². The van der Waals surface area contributed by atoms with Crippen molar-refractivity contribution < 1.29 is 0 Å². The van der Waals surface area contributed by atoms with Crippen LogP contribution in [0.15, 0.2) is 29.3 Å². The number of likely N-dealkylation sites (tertiary alicyclic amines) is 1. The molecule has 1 fully saturated rings. The Hall–Kier alpha value is -0.820. The second-order valence-corrected chi connectivity index (χ2v) is 6.26. The fourth-order valence-corrected chi connectivity index (χ4v) is 3.10. The molecule has 0 saturated carbocycles. The molecule has 0 radical (unpaired) electrons. The third-order valence-corrected chi connectivity index (χ3v) is 4.61. The second-order valence-electron chi connectivity index (χ2n) is 6.26. The maximum atomic E-state index is 4.43. The average molecular weight is 430 g/mol. The third kappa shape index (κ3) is 5.95. The summed E-state index contributed by atoms with van der Waals surface area (Å²) in [6.45, 7) is 9.92. The van der Waals surface area contributed by atoms with Crippen molar-refractivity contribution in [2.45, 2.75) is 26.8 Å². The molecule has 1 saturated heterocycles. The molecule has 1 aliphatic heterocycles. The Kier molecular flexibility index (Phi) is 8.91. The Balaban J connectivity index is 0.00000264. The lowest BCUT2D eigenvalue weighted by Gasteiger charge is -2.24. The minimum atomic E-state index is 0. The molecular formula is C18H31IN4. The molecule has 1 aromatic rings. The van der Waals surface area contributed by atoms with Gasteiger partial charge in [0, 0.05) is 33.7 Å². The molecule has 23 heavy (non-hydrogen) atoms. The topological polar surface area (TPSA) is 30.9 Å². The highest BCUT2D eigenvalue weighted by atomic mass is 127. The molecule has 2 rings (SSSR count). The molecule has 0 amide bonds. The predicted molar refractivity (Wildman–Crippen MR) is 110 cm³/mol. The van der Waals surface area contributed by atoms with Crippen molar-refractivity contribution in [3.63, 3.8) is 0 Å². The Labute approximate surface area is 158 Å². The molecule has 1 heterocycles. The summed E-state index contributed by atoms with van der Waals surface area (Å²) in [4.78, 5) is 9.16. The number of nitrogens with one attached hydrogen (secondary N) is 1. The summed E-state index contributed by atoms with van der Waals surface area (Å²) >= 11 is 0. The van der Waals surface area contributed by atoms with Gasteiger partial charge in [0.15, 0.2) is 5.96 Å². The van der Waals surface area contributed by atoms with Gasteiger partial charge in [-0.15, -0.1) is 24.0 Å². The van der Waals surface area contributed by atoms with E-state index < -0.39 is 0 Å². The quantitative estimate of drug-likeness (QED) is 0.443. The Morgan fingerprint density at radius 1 is 1.39 bits per heavy atom. The predicted octanol–water partition coefficient (Wildman–Crippen LogP) is 2.96. The second kappa shape index (κ2) is 10.1. The molecule has 4 nitrogen and oxygen atoms in total. The van der Waals surface area contributed by atoms with Crippen LogP contribution in [0.3, 0.4) is 0 Å². The number of nitrogens with zero attached hydrogens (tertiary/aromatic N) is 3. The highest BCUT2D eigenvalue weighted by molar-refractivity contribution is 14.0.